The average molecular weight is 309 g/mol. The minimum atomic E-state index is 0.404. The molecule has 1 heterocycles. The van der Waals surface area contributed by atoms with Gasteiger partial charge in [0.05, 0.1) is 11.0 Å². The van der Waals surface area contributed by atoms with Crippen LogP contribution in [0.2, 0.25) is 0 Å². The van der Waals surface area contributed by atoms with E-state index in [4.69, 9.17) is 0 Å². The zero-order chi connectivity index (χ0) is 16.3. The Morgan fingerprint density at radius 2 is 1.00 bits per heavy atom. The highest BCUT2D eigenvalue weighted by atomic mass is 15.0. The van der Waals surface area contributed by atoms with Crippen molar-refractivity contribution in [2.45, 2.75) is 19.9 Å². The Kier molecular flexibility index (Phi) is 2.75. The fourth-order valence-electron chi connectivity index (χ4n) is 4.09. The maximum atomic E-state index is 2.52. The Balaban J connectivity index is 2.16. The summed E-state index contributed by atoms with van der Waals surface area (Å²) in [5, 5.41) is 7.98. The Morgan fingerprint density at radius 3 is 1.46 bits per heavy atom. The van der Waals surface area contributed by atoms with E-state index >= 15 is 0 Å². The molecular formula is C23H19N. The lowest BCUT2D eigenvalue weighted by molar-refractivity contribution is 0.645. The van der Waals surface area contributed by atoms with Crippen LogP contribution in [0.4, 0.5) is 0 Å². The number of hydrogen-bond acceptors (Lipinski definition) is 0. The van der Waals surface area contributed by atoms with Gasteiger partial charge in [-0.25, -0.2) is 0 Å². The van der Waals surface area contributed by atoms with Gasteiger partial charge in [-0.15, -0.1) is 0 Å². The van der Waals surface area contributed by atoms with Crippen LogP contribution in [-0.4, -0.2) is 4.57 Å². The Bertz CT molecular complexity index is 1130. The predicted octanol–water partition coefficient (Wildman–Crippen LogP) is 6.68. The standard InChI is InChI=1S/C23H19N/c1-15(2)24-22-18-9-5-3-7-16(18)11-13-20(22)21-14-12-17-8-4-6-10-19(17)23(21)24/h3-15H,1-2H3. The summed E-state index contributed by atoms with van der Waals surface area (Å²) in [6, 6.07) is 26.9. The molecule has 0 radical (unpaired) electrons. The molecule has 0 bridgehead atoms. The quantitative estimate of drug-likeness (QED) is 0.325. The monoisotopic (exact) mass is 309 g/mol. The predicted molar refractivity (Wildman–Crippen MR) is 105 cm³/mol. The molecule has 1 heteroatoms. The van der Waals surface area contributed by atoms with Crippen LogP contribution < -0.4 is 0 Å². The van der Waals surface area contributed by atoms with Crippen LogP contribution in [-0.2, 0) is 0 Å². The number of hydrogen-bond donors (Lipinski definition) is 0. The van der Waals surface area contributed by atoms with E-state index < -0.39 is 0 Å². The highest BCUT2D eigenvalue weighted by Gasteiger charge is 2.17. The smallest absolute Gasteiger partial charge is 0.0573 e. The van der Waals surface area contributed by atoms with Crippen LogP contribution in [0, 0.1) is 0 Å². The van der Waals surface area contributed by atoms with E-state index in [2.05, 4.69) is 91.2 Å². The minimum Gasteiger partial charge on any atom is -0.337 e. The molecule has 0 atom stereocenters. The molecule has 0 fully saturated rings. The van der Waals surface area contributed by atoms with E-state index in [0.717, 1.165) is 0 Å². The SMILES string of the molecule is CC(C)n1c2c3ccccc3ccc2c2ccc3ccccc3c21. The van der Waals surface area contributed by atoms with Gasteiger partial charge >= 0.3 is 0 Å². The van der Waals surface area contributed by atoms with Crippen LogP contribution in [0.1, 0.15) is 19.9 Å². The van der Waals surface area contributed by atoms with Crippen LogP contribution in [0.15, 0.2) is 72.8 Å². The fraction of sp³-hybridized carbons (Fsp3) is 0.130. The number of benzene rings is 4. The summed E-state index contributed by atoms with van der Waals surface area (Å²) in [4.78, 5) is 0. The molecule has 4 aromatic carbocycles. The van der Waals surface area contributed by atoms with Crippen molar-refractivity contribution < 1.29 is 0 Å². The topological polar surface area (TPSA) is 4.93 Å². The summed E-state index contributed by atoms with van der Waals surface area (Å²) >= 11 is 0. The first-order valence-electron chi connectivity index (χ1n) is 8.59. The Morgan fingerprint density at radius 1 is 0.542 bits per heavy atom. The van der Waals surface area contributed by atoms with Gasteiger partial charge in [0, 0.05) is 27.6 Å². The van der Waals surface area contributed by atoms with E-state index in [-0.39, 0.29) is 0 Å². The number of nitrogens with zero attached hydrogens (tertiary/aromatic N) is 1. The second-order valence-corrected chi connectivity index (χ2v) is 6.83. The molecule has 24 heavy (non-hydrogen) atoms. The lowest BCUT2D eigenvalue weighted by atomic mass is 10.0. The molecule has 0 aliphatic carbocycles. The first kappa shape index (κ1) is 13.6. The molecule has 116 valence electrons. The van der Waals surface area contributed by atoms with Crippen molar-refractivity contribution in [3.05, 3.63) is 72.8 Å². The summed E-state index contributed by atoms with van der Waals surface area (Å²) in [6.07, 6.45) is 0. The number of rotatable bonds is 1. The third-order valence-corrected chi connectivity index (χ3v) is 5.09. The molecule has 0 saturated carbocycles. The zero-order valence-corrected chi connectivity index (χ0v) is 14.0. The first-order chi connectivity index (χ1) is 11.8. The molecule has 0 spiro atoms. The maximum Gasteiger partial charge on any atom is 0.0573 e. The van der Waals surface area contributed by atoms with Crippen LogP contribution in [0.25, 0.3) is 43.4 Å². The molecule has 0 unspecified atom stereocenters. The number of fused-ring (bicyclic) bond motifs is 7. The van der Waals surface area contributed by atoms with Gasteiger partial charge in [0.25, 0.3) is 0 Å². The Hall–Kier alpha value is -2.80. The molecule has 0 amide bonds. The van der Waals surface area contributed by atoms with Crippen molar-refractivity contribution >= 4 is 43.4 Å². The van der Waals surface area contributed by atoms with Gasteiger partial charge < -0.3 is 4.57 Å². The second-order valence-electron chi connectivity index (χ2n) is 6.83. The van der Waals surface area contributed by atoms with Gasteiger partial charge in [-0.2, -0.15) is 0 Å². The molecule has 0 N–H and O–H groups in total. The van der Waals surface area contributed by atoms with Gasteiger partial charge in [-0.3, -0.25) is 0 Å². The summed E-state index contributed by atoms with van der Waals surface area (Å²) < 4.78 is 2.52. The highest BCUT2D eigenvalue weighted by Crippen LogP contribution is 2.39. The lowest BCUT2D eigenvalue weighted by Crippen LogP contribution is -2.00. The third-order valence-electron chi connectivity index (χ3n) is 5.09. The van der Waals surface area contributed by atoms with Crippen LogP contribution >= 0.6 is 0 Å². The first-order valence-corrected chi connectivity index (χ1v) is 8.59. The average Bonchev–Trinajstić information content (AvgIpc) is 2.97. The van der Waals surface area contributed by atoms with Crippen molar-refractivity contribution in [3.63, 3.8) is 0 Å². The molecule has 1 aromatic heterocycles. The molecule has 0 saturated heterocycles. The van der Waals surface area contributed by atoms with Gasteiger partial charge in [-0.1, -0.05) is 72.8 Å². The molecular weight excluding hydrogens is 290 g/mol. The largest absolute Gasteiger partial charge is 0.337 e. The molecule has 5 aromatic rings. The van der Waals surface area contributed by atoms with E-state index in [0.29, 0.717) is 6.04 Å². The molecule has 1 nitrogen and oxygen atoms in total. The summed E-state index contributed by atoms with van der Waals surface area (Å²) in [6.45, 7) is 4.56. The van der Waals surface area contributed by atoms with Crippen LogP contribution in [0.3, 0.4) is 0 Å². The van der Waals surface area contributed by atoms with Gasteiger partial charge in [0.15, 0.2) is 0 Å². The lowest BCUT2D eigenvalue weighted by Gasteiger charge is -2.14. The fourth-order valence-corrected chi connectivity index (χ4v) is 4.09. The van der Waals surface area contributed by atoms with E-state index in [1.165, 1.54) is 43.4 Å². The van der Waals surface area contributed by atoms with Crippen molar-refractivity contribution in [1.29, 1.82) is 0 Å². The van der Waals surface area contributed by atoms with E-state index in [1.807, 2.05) is 0 Å². The molecule has 5 rings (SSSR count). The summed E-state index contributed by atoms with van der Waals surface area (Å²) in [5.41, 5.74) is 2.71. The van der Waals surface area contributed by atoms with Crippen LogP contribution in [0.5, 0.6) is 0 Å². The van der Waals surface area contributed by atoms with Gasteiger partial charge in [0.1, 0.15) is 0 Å². The maximum absolute atomic E-state index is 2.52. The zero-order valence-electron chi connectivity index (χ0n) is 14.0. The van der Waals surface area contributed by atoms with Crippen molar-refractivity contribution in [2.24, 2.45) is 0 Å². The Labute approximate surface area is 141 Å². The molecule has 0 aliphatic heterocycles. The summed E-state index contributed by atoms with van der Waals surface area (Å²) in [7, 11) is 0. The van der Waals surface area contributed by atoms with Crippen molar-refractivity contribution in [3.8, 4) is 0 Å². The van der Waals surface area contributed by atoms with Gasteiger partial charge in [-0.05, 0) is 24.6 Å². The van der Waals surface area contributed by atoms with E-state index in [1.54, 1.807) is 0 Å². The summed E-state index contributed by atoms with van der Waals surface area (Å²) in [5.74, 6) is 0. The van der Waals surface area contributed by atoms with E-state index in [9.17, 15) is 0 Å². The normalized spacial score (nSPS) is 12.1. The molecule has 0 aliphatic rings. The second kappa shape index (κ2) is 4.85. The highest BCUT2D eigenvalue weighted by molar-refractivity contribution is 6.22. The third kappa shape index (κ3) is 1.70. The number of aromatic nitrogens is 1. The van der Waals surface area contributed by atoms with Crippen molar-refractivity contribution in [1.82, 2.24) is 4.57 Å². The minimum absolute atomic E-state index is 0.404. The van der Waals surface area contributed by atoms with Gasteiger partial charge in [0.2, 0.25) is 0 Å². The van der Waals surface area contributed by atoms with Crippen molar-refractivity contribution in [2.75, 3.05) is 0 Å².